The van der Waals surface area contributed by atoms with E-state index in [1.54, 1.807) is 23.1 Å². The van der Waals surface area contributed by atoms with Crippen molar-refractivity contribution >= 4 is 34.7 Å². The van der Waals surface area contributed by atoms with E-state index in [4.69, 9.17) is 11.6 Å². The number of hydrogen-bond donors (Lipinski definition) is 1. The molecule has 0 unspecified atom stereocenters. The van der Waals surface area contributed by atoms with Crippen molar-refractivity contribution in [2.75, 3.05) is 0 Å². The van der Waals surface area contributed by atoms with Crippen molar-refractivity contribution in [1.82, 2.24) is 10.3 Å². The van der Waals surface area contributed by atoms with Crippen LogP contribution in [0.2, 0.25) is 5.02 Å². The SMILES string of the molecule is Cc1csc(Sc2c(Cl)cccc2CNC(C)C)n1. The maximum atomic E-state index is 6.33. The van der Waals surface area contributed by atoms with E-state index in [1.165, 1.54) is 5.56 Å². The Morgan fingerprint density at radius 3 is 2.84 bits per heavy atom. The summed E-state index contributed by atoms with van der Waals surface area (Å²) < 4.78 is 1.04. The molecular formula is C14H17ClN2S2. The summed E-state index contributed by atoms with van der Waals surface area (Å²) in [5.74, 6) is 0. The van der Waals surface area contributed by atoms with Gasteiger partial charge in [0, 0.05) is 28.6 Å². The molecule has 1 heterocycles. The molecule has 0 aliphatic rings. The number of thiazole rings is 1. The van der Waals surface area contributed by atoms with Crippen molar-refractivity contribution in [1.29, 1.82) is 0 Å². The number of rotatable bonds is 5. The van der Waals surface area contributed by atoms with Crippen molar-refractivity contribution in [2.45, 2.75) is 42.6 Å². The number of nitrogens with zero attached hydrogens (tertiary/aromatic N) is 1. The van der Waals surface area contributed by atoms with Crippen LogP contribution >= 0.6 is 34.7 Å². The first-order chi connectivity index (χ1) is 9.06. The van der Waals surface area contributed by atoms with Crippen LogP contribution in [0.5, 0.6) is 0 Å². The molecule has 1 aromatic heterocycles. The summed E-state index contributed by atoms with van der Waals surface area (Å²) in [6.45, 7) is 7.11. The van der Waals surface area contributed by atoms with Crippen molar-refractivity contribution in [3.8, 4) is 0 Å². The average Bonchev–Trinajstić information content (AvgIpc) is 2.75. The van der Waals surface area contributed by atoms with E-state index in [0.29, 0.717) is 6.04 Å². The second-order valence-electron chi connectivity index (χ2n) is 4.62. The van der Waals surface area contributed by atoms with Crippen LogP contribution in [0.15, 0.2) is 32.8 Å². The summed E-state index contributed by atoms with van der Waals surface area (Å²) >= 11 is 9.64. The van der Waals surface area contributed by atoms with E-state index in [0.717, 1.165) is 26.5 Å². The Morgan fingerprint density at radius 2 is 2.21 bits per heavy atom. The average molecular weight is 313 g/mol. The summed E-state index contributed by atoms with van der Waals surface area (Å²) in [5.41, 5.74) is 2.28. The fraction of sp³-hybridized carbons (Fsp3) is 0.357. The van der Waals surface area contributed by atoms with Crippen molar-refractivity contribution in [2.24, 2.45) is 0 Å². The van der Waals surface area contributed by atoms with Gasteiger partial charge in [-0.3, -0.25) is 0 Å². The lowest BCUT2D eigenvalue weighted by Gasteiger charge is -2.12. The summed E-state index contributed by atoms with van der Waals surface area (Å²) in [6, 6.07) is 6.50. The maximum Gasteiger partial charge on any atom is 0.154 e. The van der Waals surface area contributed by atoms with Crippen LogP contribution in [0, 0.1) is 6.92 Å². The highest BCUT2D eigenvalue weighted by molar-refractivity contribution is 8.01. The predicted octanol–water partition coefficient (Wildman–Crippen LogP) is 4.75. The molecule has 2 nitrogen and oxygen atoms in total. The summed E-state index contributed by atoms with van der Waals surface area (Å²) in [4.78, 5) is 5.59. The molecule has 0 spiro atoms. The molecule has 0 saturated carbocycles. The van der Waals surface area contributed by atoms with Crippen LogP contribution in [0.1, 0.15) is 25.1 Å². The first kappa shape index (κ1) is 14.9. The van der Waals surface area contributed by atoms with Gasteiger partial charge in [-0.05, 0) is 18.6 Å². The molecule has 0 amide bonds. The summed E-state index contributed by atoms with van der Waals surface area (Å²) in [6.07, 6.45) is 0. The van der Waals surface area contributed by atoms with E-state index in [1.807, 2.05) is 19.1 Å². The molecule has 0 bridgehead atoms. The van der Waals surface area contributed by atoms with Crippen LogP contribution in [0.4, 0.5) is 0 Å². The van der Waals surface area contributed by atoms with Crippen LogP contribution in [-0.2, 0) is 6.54 Å². The van der Waals surface area contributed by atoms with Gasteiger partial charge in [-0.25, -0.2) is 4.98 Å². The lowest BCUT2D eigenvalue weighted by Crippen LogP contribution is -2.22. The fourth-order valence-electron chi connectivity index (χ4n) is 1.59. The maximum absolute atomic E-state index is 6.33. The first-order valence-corrected chi connectivity index (χ1v) is 8.24. The highest BCUT2D eigenvalue weighted by Gasteiger charge is 2.11. The Labute approximate surface area is 127 Å². The second kappa shape index (κ2) is 6.75. The standard InChI is InChI=1S/C14H17ClN2S2/c1-9(2)16-7-11-5-4-6-12(15)13(11)19-14-17-10(3)8-18-14/h4-6,8-9,16H,7H2,1-3H3. The zero-order valence-electron chi connectivity index (χ0n) is 11.2. The molecule has 0 aliphatic carbocycles. The number of aryl methyl sites for hydroxylation is 1. The van der Waals surface area contributed by atoms with Gasteiger partial charge in [-0.2, -0.15) is 0 Å². The molecule has 0 radical (unpaired) electrons. The minimum Gasteiger partial charge on any atom is -0.310 e. The van der Waals surface area contributed by atoms with Crippen LogP contribution < -0.4 is 5.32 Å². The van der Waals surface area contributed by atoms with Crippen LogP contribution in [0.3, 0.4) is 0 Å². The van der Waals surface area contributed by atoms with Gasteiger partial charge in [0.15, 0.2) is 4.34 Å². The minimum atomic E-state index is 0.457. The number of aromatic nitrogens is 1. The number of nitrogens with one attached hydrogen (secondary N) is 1. The Morgan fingerprint density at radius 1 is 1.42 bits per heavy atom. The summed E-state index contributed by atoms with van der Waals surface area (Å²) in [7, 11) is 0. The number of benzene rings is 1. The third kappa shape index (κ3) is 4.21. The Balaban J connectivity index is 2.22. The van der Waals surface area contributed by atoms with Gasteiger partial charge in [-0.15, -0.1) is 11.3 Å². The molecule has 102 valence electrons. The zero-order chi connectivity index (χ0) is 13.8. The van der Waals surface area contributed by atoms with Gasteiger partial charge in [0.25, 0.3) is 0 Å². The number of hydrogen-bond acceptors (Lipinski definition) is 4. The molecule has 2 rings (SSSR count). The van der Waals surface area contributed by atoms with E-state index < -0.39 is 0 Å². The normalized spacial score (nSPS) is 11.2. The molecular weight excluding hydrogens is 296 g/mol. The quantitative estimate of drug-likeness (QED) is 0.862. The van der Waals surface area contributed by atoms with E-state index in [9.17, 15) is 0 Å². The van der Waals surface area contributed by atoms with Gasteiger partial charge in [-0.1, -0.05) is 49.3 Å². The minimum absolute atomic E-state index is 0.457. The third-order valence-corrected chi connectivity index (χ3v) is 5.21. The predicted molar refractivity (Wildman–Crippen MR) is 84.4 cm³/mol. The van der Waals surface area contributed by atoms with Crippen molar-refractivity contribution < 1.29 is 0 Å². The van der Waals surface area contributed by atoms with Gasteiger partial charge < -0.3 is 5.32 Å². The fourth-order valence-corrected chi connectivity index (χ4v) is 3.81. The lowest BCUT2D eigenvalue weighted by atomic mass is 10.2. The first-order valence-electron chi connectivity index (χ1n) is 6.17. The Bertz CT molecular complexity index is 552. The Hall–Kier alpha value is -0.550. The topological polar surface area (TPSA) is 24.9 Å². The van der Waals surface area contributed by atoms with Crippen LogP contribution in [0.25, 0.3) is 0 Å². The Kier molecular flexibility index (Phi) is 5.28. The van der Waals surface area contributed by atoms with Gasteiger partial charge in [0.1, 0.15) is 0 Å². The van der Waals surface area contributed by atoms with Gasteiger partial charge >= 0.3 is 0 Å². The lowest BCUT2D eigenvalue weighted by molar-refractivity contribution is 0.585. The monoisotopic (exact) mass is 312 g/mol. The molecule has 5 heteroatoms. The highest BCUT2D eigenvalue weighted by atomic mass is 35.5. The molecule has 0 aliphatic heterocycles. The molecule has 1 aromatic carbocycles. The molecule has 2 aromatic rings. The van der Waals surface area contributed by atoms with E-state index in [-0.39, 0.29) is 0 Å². The third-order valence-electron chi connectivity index (χ3n) is 2.54. The zero-order valence-corrected chi connectivity index (χ0v) is 13.6. The molecule has 0 atom stereocenters. The molecule has 1 N–H and O–H groups in total. The van der Waals surface area contributed by atoms with Gasteiger partial charge in [0.2, 0.25) is 0 Å². The number of halogens is 1. The second-order valence-corrected chi connectivity index (χ2v) is 7.14. The van der Waals surface area contributed by atoms with Crippen molar-refractivity contribution in [3.63, 3.8) is 0 Å². The molecule has 0 fully saturated rings. The largest absolute Gasteiger partial charge is 0.310 e. The smallest absolute Gasteiger partial charge is 0.154 e. The highest BCUT2D eigenvalue weighted by Crippen LogP contribution is 2.37. The molecule has 0 saturated heterocycles. The molecule has 19 heavy (non-hydrogen) atoms. The van der Waals surface area contributed by atoms with E-state index in [2.05, 4.69) is 35.6 Å². The van der Waals surface area contributed by atoms with E-state index >= 15 is 0 Å². The van der Waals surface area contributed by atoms with Crippen LogP contribution in [-0.4, -0.2) is 11.0 Å². The van der Waals surface area contributed by atoms with Crippen molar-refractivity contribution in [3.05, 3.63) is 39.9 Å². The van der Waals surface area contributed by atoms with Gasteiger partial charge in [0.05, 0.1) is 5.02 Å². The summed E-state index contributed by atoms with van der Waals surface area (Å²) in [5, 5.41) is 6.28.